The van der Waals surface area contributed by atoms with E-state index in [9.17, 15) is 4.79 Å². The van der Waals surface area contributed by atoms with Crippen LogP contribution in [0.25, 0.3) is 0 Å². The van der Waals surface area contributed by atoms with E-state index in [0.29, 0.717) is 13.0 Å². The molecule has 1 unspecified atom stereocenters. The molecule has 4 nitrogen and oxygen atoms in total. The highest BCUT2D eigenvalue weighted by Crippen LogP contribution is 2.15. The van der Waals surface area contributed by atoms with Crippen molar-refractivity contribution in [2.24, 2.45) is 5.73 Å². The van der Waals surface area contributed by atoms with E-state index >= 15 is 0 Å². The first kappa shape index (κ1) is 16.7. The molecule has 1 saturated heterocycles. The lowest BCUT2D eigenvalue weighted by atomic mass is 9.94. The molecule has 17 heavy (non-hydrogen) atoms. The SMILES string of the molecule is CCC(N)(CC)CNC(=O)CC1CCCO1.Cl. The number of carbonyl (C=O) groups excluding carboxylic acids is 1. The monoisotopic (exact) mass is 264 g/mol. The van der Waals surface area contributed by atoms with Gasteiger partial charge in [-0.05, 0) is 25.7 Å². The van der Waals surface area contributed by atoms with E-state index in [1.54, 1.807) is 0 Å². The first-order valence-corrected chi connectivity index (χ1v) is 6.27. The predicted molar refractivity (Wildman–Crippen MR) is 71.3 cm³/mol. The van der Waals surface area contributed by atoms with Gasteiger partial charge in [0, 0.05) is 18.7 Å². The summed E-state index contributed by atoms with van der Waals surface area (Å²) in [4.78, 5) is 11.6. The van der Waals surface area contributed by atoms with E-state index < -0.39 is 0 Å². The van der Waals surface area contributed by atoms with Crippen molar-refractivity contribution in [3.05, 3.63) is 0 Å². The van der Waals surface area contributed by atoms with Crippen molar-refractivity contribution < 1.29 is 9.53 Å². The average molecular weight is 265 g/mol. The Hall–Kier alpha value is -0.320. The fourth-order valence-corrected chi connectivity index (χ4v) is 1.86. The molecule has 0 radical (unpaired) electrons. The normalized spacial score (nSPS) is 19.8. The molecule has 0 bridgehead atoms. The topological polar surface area (TPSA) is 64.3 Å². The van der Waals surface area contributed by atoms with Crippen LogP contribution in [0.4, 0.5) is 0 Å². The van der Waals surface area contributed by atoms with E-state index in [0.717, 1.165) is 32.3 Å². The largest absolute Gasteiger partial charge is 0.378 e. The molecule has 1 heterocycles. The van der Waals surface area contributed by atoms with Crippen molar-refractivity contribution in [1.29, 1.82) is 0 Å². The van der Waals surface area contributed by atoms with Crippen LogP contribution in [0.15, 0.2) is 0 Å². The Morgan fingerprint density at radius 3 is 2.59 bits per heavy atom. The van der Waals surface area contributed by atoms with Gasteiger partial charge in [0.05, 0.1) is 12.5 Å². The maximum Gasteiger partial charge on any atom is 0.222 e. The van der Waals surface area contributed by atoms with Crippen LogP contribution >= 0.6 is 12.4 Å². The molecule has 1 rings (SSSR count). The Labute approximate surface area is 110 Å². The maximum absolute atomic E-state index is 11.6. The molecule has 1 fully saturated rings. The van der Waals surface area contributed by atoms with Gasteiger partial charge in [0.25, 0.3) is 0 Å². The molecule has 1 amide bonds. The summed E-state index contributed by atoms with van der Waals surface area (Å²) < 4.78 is 5.42. The number of nitrogens with one attached hydrogen (secondary N) is 1. The van der Waals surface area contributed by atoms with Crippen molar-refractivity contribution in [3.63, 3.8) is 0 Å². The van der Waals surface area contributed by atoms with Crippen LogP contribution < -0.4 is 11.1 Å². The quantitative estimate of drug-likeness (QED) is 0.766. The molecular weight excluding hydrogens is 240 g/mol. The minimum atomic E-state index is -0.258. The summed E-state index contributed by atoms with van der Waals surface area (Å²) >= 11 is 0. The van der Waals surface area contributed by atoms with Crippen molar-refractivity contribution in [3.8, 4) is 0 Å². The lowest BCUT2D eigenvalue weighted by Crippen LogP contribution is -2.49. The Balaban J connectivity index is 0.00000256. The lowest BCUT2D eigenvalue weighted by molar-refractivity contribution is -0.123. The Bertz CT molecular complexity index is 227. The molecule has 1 atom stereocenters. The molecule has 0 saturated carbocycles. The van der Waals surface area contributed by atoms with Gasteiger partial charge in [0.2, 0.25) is 5.91 Å². The van der Waals surface area contributed by atoms with Crippen LogP contribution in [-0.2, 0) is 9.53 Å². The summed E-state index contributed by atoms with van der Waals surface area (Å²) in [5.41, 5.74) is 5.85. The zero-order valence-corrected chi connectivity index (χ0v) is 11.6. The first-order chi connectivity index (χ1) is 7.59. The summed E-state index contributed by atoms with van der Waals surface area (Å²) in [5, 5.41) is 2.91. The summed E-state index contributed by atoms with van der Waals surface area (Å²) in [6.07, 6.45) is 4.43. The van der Waals surface area contributed by atoms with Crippen LogP contribution in [-0.4, -0.2) is 30.7 Å². The van der Waals surface area contributed by atoms with E-state index in [1.165, 1.54) is 0 Å². The number of carbonyl (C=O) groups is 1. The predicted octanol–water partition coefficient (Wildman–Crippen LogP) is 1.61. The number of halogens is 1. The smallest absolute Gasteiger partial charge is 0.222 e. The summed E-state index contributed by atoms with van der Waals surface area (Å²) in [5.74, 6) is 0.0589. The molecule has 5 heteroatoms. The van der Waals surface area contributed by atoms with E-state index in [4.69, 9.17) is 10.5 Å². The fraction of sp³-hybridized carbons (Fsp3) is 0.917. The molecule has 102 valence electrons. The van der Waals surface area contributed by atoms with Gasteiger partial charge in [-0.2, -0.15) is 0 Å². The number of amides is 1. The number of ether oxygens (including phenoxy) is 1. The Kier molecular flexibility index (Phi) is 7.75. The zero-order valence-electron chi connectivity index (χ0n) is 10.8. The third-order valence-corrected chi connectivity index (χ3v) is 3.48. The van der Waals surface area contributed by atoms with Gasteiger partial charge in [-0.3, -0.25) is 4.79 Å². The standard InChI is InChI=1S/C12H24N2O2.ClH/c1-3-12(13,4-2)9-14-11(15)8-10-6-5-7-16-10;/h10H,3-9,13H2,1-2H3,(H,14,15);1H. The van der Waals surface area contributed by atoms with E-state index in [1.807, 2.05) is 0 Å². The van der Waals surface area contributed by atoms with Gasteiger partial charge in [-0.25, -0.2) is 0 Å². The molecular formula is C12H25ClN2O2. The number of hydrogen-bond acceptors (Lipinski definition) is 3. The van der Waals surface area contributed by atoms with Gasteiger partial charge < -0.3 is 15.8 Å². The zero-order chi connectivity index (χ0) is 12.0. The van der Waals surface area contributed by atoms with Gasteiger partial charge >= 0.3 is 0 Å². The van der Waals surface area contributed by atoms with Crippen molar-refractivity contribution in [1.82, 2.24) is 5.32 Å². The van der Waals surface area contributed by atoms with Crippen LogP contribution in [0.3, 0.4) is 0 Å². The highest BCUT2D eigenvalue weighted by atomic mass is 35.5. The first-order valence-electron chi connectivity index (χ1n) is 6.27. The highest BCUT2D eigenvalue weighted by molar-refractivity contribution is 5.85. The summed E-state index contributed by atoms with van der Waals surface area (Å²) in [6, 6.07) is 0. The molecule has 0 aromatic rings. The maximum atomic E-state index is 11.6. The molecule has 0 aliphatic carbocycles. The van der Waals surface area contributed by atoms with Gasteiger partial charge in [0.1, 0.15) is 0 Å². The van der Waals surface area contributed by atoms with E-state index in [-0.39, 0.29) is 30.0 Å². The molecule has 0 spiro atoms. The van der Waals surface area contributed by atoms with Crippen LogP contribution in [0.2, 0.25) is 0 Å². The number of rotatable bonds is 6. The average Bonchev–Trinajstić information content (AvgIpc) is 2.79. The molecule has 0 aromatic heterocycles. The van der Waals surface area contributed by atoms with Crippen molar-refractivity contribution >= 4 is 18.3 Å². The minimum Gasteiger partial charge on any atom is -0.378 e. The van der Waals surface area contributed by atoms with E-state index in [2.05, 4.69) is 19.2 Å². The fourth-order valence-electron chi connectivity index (χ4n) is 1.86. The minimum absolute atomic E-state index is 0. The summed E-state index contributed by atoms with van der Waals surface area (Å²) in [6.45, 7) is 5.46. The Morgan fingerprint density at radius 1 is 1.47 bits per heavy atom. The van der Waals surface area contributed by atoms with Crippen molar-refractivity contribution in [2.45, 2.75) is 57.6 Å². The highest BCUT2D eigenvalue weighted by Gasteiger charge is 2.23. The van der Waals surface area contributed by atoms with Crippen molar-refractivity contribution in [2.75, 3.05) is 13.2 Å². The Morgan fingerprint density at radius 2 is 2.12 bits per heavy atom. The molecule has 1 aliphatic rings. The summed E-state index contributed by atoms with van der Waals surface area (Å²) in [7, 11) is 0. The number of hydrogen-bond donors (Lipinski definition) is 2. The van der Waals surface area contributed by atoms with Gasteiger partial charge in [-0.1, -0.05) is 13.8 Å². The van der Waals surface area contributed by atoms with Gasteiger partial charge in [-0.15, -0.1) is 12.4 Å². The molecule has 1 aliphatic heterocycles. The second-order valence-corrected chi connectivity index (χ2v) is 4.69. The second-order valence-electron chi connectivity index (χ2n) is 4.69. The van der Waals surface area contributed by atoms with Gasteiger partial charge in [0.15, 0.2) is 0 Å². The lowest BCUT2D eigenvalue weighted by Gasteiger charge is -2.27. The van der Waals surface area contributed by atoms with Crippen LogP contribution in [0.1, 0.15) is 46.0 Å². The second kappa shape index (κ2) is 7.90. The number of nitrogens with two attached hydrogens (primary N) is 1. The van der Waals surface area contributed by atoms with Crippen LogP contribution in [0, 0.1) is 0 Å². The third-order valence-electron chi connectivity index (χ3n) is 3.48. The third kappa shape index (κ3) is 5.70. The molecule has 3 N–H and O–H groups in total. The van der Waals surface area contributed by atoms with Crippen LogP contribution in [0.5, 0.6) is 0 Å². The molecule has 0 aromatic carbocycles.